The van der Waals surface area contributed by atoms with E-state index in [1.807, 2.05) is 0 Å². The van der Waals surface area contributed by atoms with Crippen LogP contribution in [0.25, 0.3) is 6.08 Å². The van der Waals surface area contributed by atoms with Gasteiger partial charge in [0.25, 0.3) is 11.1 Å². The van der Waals surface area contributed by atoms with Crippen molar-refractivity contribution >= 4 is 40.8 Å². The number of carbonyl (C=O) groups is 3. The number of hydrogen-bond donors (Lipinski definition) is 1. The molecule has 114 valence electrons. The molecular weight excluding hydrogens is 314 g/mol. The molecule has 0 aliphatic carbocycles. The molecule has 2 N–H and O–H groups in total. The van der Waals surface area contributed by atoms with Crippen LogP contribution in [0.3, 0.4) is 0 Å². The van der Waals surface area contributed by atoms with Gasteiger partial charge in [-0.1, -0.05) is 6.08 Å². The Balaban J connectivity index is 2.08. The number of amides is 3. The third-order valence-electron chi connectivity index (χ3n) is 2.49. The highest BCUT2D eigenvalue weighted by Crippen LogP contribution is 2.30. The summed E-state index contributed by atoms with van der Waals surface area (Å²) in [6.07, 6.45) is 4.15. The molecule has 0 saturated carbocycles. The van der Waals surface area contributed by atoms with Crippen LogP contribution < -0.4 is 5.73 Å². The first-order valence-electron chi connectivity index (χ1n) is 5.83. The average molecular weight is 323 g/mol. The number of carbonyl (C=O) groups excluding carboxylic acids is 3. The number of primary amides is 1. The molecule has 1 saturated heterocycles. The van der Waals surface area contributed by atoms with Crippen LogP contribution in [-0.2, 0) is 9.59 Å². The van der Waals surface area contributed by atoms with Gasteiger partial charge in [0.2, 0.25) is 5.91 Å². The predicted molar refractivity (Wildman–Crippen MR) is 76.4 cm³/mol. The fourth-order valence-corrected chi connectivity index (χ4v) is 2.36. The van der Waals surface area contributed by atoms with Crippen molar-refractivity contribution in [1.29, 1.82) is 0 Å². The van der Waals surface area contributed by atoms with E-state index in [9.17, 15) is 24.5 Å². The maximum Gasteiger partial charge on any atom is 0.433 e. The SMILES string of the molecule is NC(=O)CN1C(=O)S/C(=C\C=C\c2ccc([N+](=O)[O-])o2)C1=O. The lowest BCUT2D eigenvalue weighted by Gasteiger charge is -2.08. The van der Waals surface area contributed by atoms with E-state index in [-0.39, 0.29) is 10.7 Å². The quantitative estimate of drug-likeness (QED) is 0.489. The van der Waals surface area contributed by atoms with E-state index >= 15 is 0 Å². The first-order chi connectivity index (χ1) is 10.4. The highest BCUT2D eigenvalue weighted by Gasteiger charge is 2.35. The highest BCUT2D eigenvalue weighted by atomic mass is 32.2. The van der Waals surface area contributed by atoms with Crippen LogP contribution in [0.2, 0.25) is 0 Å². The molecule has 0 radical (unpaired) electrons. The Bertz CT molecular complexity index is 720. The fourth-order valence-electron chi connectivity index (χ4n) is 1.57. The van der Waals surface area contributed by atoms with Crippen LogP contribution in [0.15, 0.2) is 33.6 Å². The van der Waals surface area contributed by atoms with Gasteiger partial charge in [0.15, 0.2) is 0 Å². The van der Waals surface area contributed by atoms with Crippen LogP contribution in [-0.4, -0.2) is 33.4 Å². The molecule has 1 aromatic heterocycles. The monoisotopic (exact) mass is 323 g/mol. The van der Waals surface area contributed by atoms with Crippen LogP contribution in [0, 0.1) is 10.1 Å². The molecule has 22 heavy (non-hydrogen) atoms. The molecule has 0 atom stereocenters. The van der Waals surface area contributed by atoms with Crippen molar-refractivity contribution < 1.29 is 23.7 Å². The zero-order chi connectivity index (χ0) is 16.3. The summed E-state index contributed by atoms with van der Waals surface area (Å²) < 4.78 is 4.89. The number of nitrogens with two attached hydrogens (primary N) is 1. The summed E-state index contributed by atoms with van der Waals surface area (Å²) in [4.78, 5) is 44.8. The normalized spacial score (nSPS) is 16.9. The summed E-state index contributed by atoms with van der Waals surface area (Å²) in [5, 5.41) is 9.86. The fraction of sp³-hybridized carbons (Fsp3) is 0.0833. The zero-order valence-corrected chi connectivity index (χ0v) is 11.7. The molecule has 0 spiro atoms. The molecule has 1 fully saturated rings. The topological polar surface area (TPSA) is 137 Å². The van der Waals surface area contributed by atoms with E-state index in [2.05, 4.69) is 0 Å². The number of rotatable bonds is 5. The molecule has 0 unspecified atom stereocenters. The Morgan fingerprint density at radius 2 is 2.18 bits per heavy atom. The molecule has 1 aromatic rings. The zero-order valence-electron chi connectivity index (χ0n) is 10.9. The van der Waals surface area contributed by atoms with Gasteiger partial charge < -0.3 is 10.2 Å². The summed E-state index contributed by atoms with van der Waals surface area (Å²) in [5.74, 6) is -1.59. The first kappa shape index (κ1) is 15.5. The van der Waals surface area contributed by atoms with E-state index < -0.39 is 34.4 Å². The van der Waals surface area contributed by atoms with Gasteiger partial charge in [-0.05, 0) is 30.0 Å². The Hall–Kier alpha value is -2.88. The number of imide groups is 1. The number of nitrogens with zero attached hydrogens (tertiary/aromatic N) is 2. The smallest absolute Gasteiger partial charge is 0.401 e. The standard InChI is InChI=1S/C12H9N3O6S/c13-9(16)6-14-11(17)8(22-12(14)18)3-1-2-7-4-5-10(21-7)15(19)20/h1-5H,6H2,(H2,13,16)/b2-1+,8-3-. The van der Waals surface area contributed by atoms with Crippen molar-refractivity contribution in [3.63, 3.8) is 0 Å². The minimum Gasteiger partial charge on any atom is -0.401 e. The van der Waals surface area contributed by atoms with Gasteiger partial charge in [0, 0.05) is 0 Å². The molecule has 2 heterocycles. The molecule has 9 nitrogen and oxygen atoms in total. The van der Waals surface area contributed by atoms with Crippen LogP contribution in [0.1, 0.15) is 5.76 Å². The third kappa shape index (κ3) is 3.41. The Kier molecular flexibility index (Phi) is 4.41. The number of hydrogen-bond acceptors (Lipinski definition) is 7. The second-order valence-corrected chi connectivity index (χ2v) is 5.04. The lowest BCUT2D eigenvalue weighted by molar-refractivity contribution is -0.402. The molecule has 1 aliphatic heterocycles. The van der Waals surface area contributed by atoms with E-state index in [1.54, 1.807) is 0 Å². The molecule has 1 aliphatic rings. The van der Waals surface area contributed by atoms with Crippen molar-refractivity contribution in [3.8, 4) is 0 Å². The predicted octanol–water partition coefficient (Wildman–Crippen LogP) is 1.27. The van der Waals surface area contributed by atoms with Crippen LogP contribution in [0.4, 0.5) is 10.7 Å². The second-order valence-electron chi connectivity index (χ2n) is 4.05. The van der Waals surface area contributed by atoms with Gasteiger partial charge in [-0.3, -0.25) is 29.4 Å². The van der Waals surface area contributed by atoms with E-state index in [0.29, 0.717) is 11.8 Å². The van der Waals surface area contributed by atoms with E-state index in [0.717, 1.165) is 4.90 Å². The molecule has 0 aromatic carbocycles. The van der Waals surface area contributed by atoms with Crippen molar-refractivity contribution in [2.24, 2.45) is 5.73 Å². The van der Waals surface area contributed by atoms with Crippen LogP contribution >= 0.6 is 11.8 Å². The Labute approximate surface area is 127 Å². The maximum atomic E-state index is 11.8. The highest BCUT2D eigenvalue weighted by molar-refractivity contribution is 8.18. The Morgan fingerprint density at radius 3 is 2.77 bits per heavy atom. The number of furan rings is 1. The molecule has 0 bridgehead atoms. The van der Waals surface area contributed by atoms with Crippen LogP contribution in [0.5, 0.6) is 0 Å². The Morgan fingerprint density at radius 1 is 1.45 bits per heavy atom. The first-order valence-corrected chi connectivity index (χ1v) is 6.64. The number of allylic oxidation sites excluding steroid dienone is 2. The summed E-state index contributed by atoms with van der Waals surface area (Å²) in [7, 11) is 0. The molecule has 2 rings (SSSR count). The molecule has 3 amide bonds. The largest absolute Gasteiger partial charge is 0.433 e. The minimum absolute atomic E-state index is 0.114. The van der Waals surface area contributed by atoms with Gasteiger partial charge >= 0.3 is 5.88 Å². The third-order valence-corrected chi connectivity index (χ3v) is 3.41. The second kappa shape index (κ2) is 6.26. The summed E-state index contributed by atoms with van der Waals surface area (Å²) >= 11 is 0.670. The average Bonchev–Trinajstić information content (AvgIpc) is 3.00. The van der Waals surface area contributed by atoms with Gasteiger partial charge in [0.1, 0.15) is 17.2 Å². The van der Waals surface area contributed by atoms with E-state index in [1.165, 1.54) is 30.4 Å². The van der Waals surface area contributed by atoms with Gasteiger partial charge in [0.05, 0.1) is 11.0 Å². The maximum absolute atomic E-state index is 11.8. The lowest BCUT2D eigenvalue weighted by Crippen LogP contribution is -2.36. The van der Waals surface area contributed by atoms with Crippen molar-refractivity contribution in [2.45, 2.75) is 0 Å². The molecular formula is C12H9N3O6S. The summed E-state index contributed by atoms with van der Waals surface area (Å²) in [6, 6.07) is 2.59. The number of thioether (sulfide) groups is 1. The van der Waals surface area contributed by atoms with Gasteiger partial charge in [-0.15, -0.1) is 0 Å². The number of nitro groups is 1. The van der Waals surface area contributed by atoms with Crippen molar-refractivity contribution in [3.05, 3.63) is 45.1 Å². The van der Waals surface area contributed by atoms with Crippen molar-refractivity contribution in [1.82, 2.24) is 4.90 Å². The van der Waals surface area contributed by atoms with E-state index in [4.69, 9.17) is 10.2 Å². The van der Waals surface area contributed by atoms with Gasteiger partial charge in [-0.2, -0.15) is 0 Å². The molecule has 10 heteroatoms. The van der Waals surface area contributed by atoms with Gasteiger partial charge in [-0.25, -0.2) is 0 Å². The summed E-state index contributed by atoms with van der Waals surface area (Å²) in [6.45, 7) is -0.476. The summed E-state index contributed by atoms with van der Waals surface area (Å²) in [5.41, 5.74) is 4.95. The lowest BCUT2D eigenvalue weighted by atomic mass is 10.3. The minimum atomic E-state index is -0.790. The van der Waals surface area contributed by atoms with Crippen molar-refractivity contribution in [2.75, 3.05) is 6.54 Å².